The maximum absolute atomic E-state index is 12.3. The maximum Gasteiger partial charge on any atom is 0.228 e. The molecule has 0 saturated carbocycles. The van der Waals surface area contributed by atoms with Crippen molar-refractivity contribution in [3.8, 4) is 17.6 Å². The van der Waals surface area contributed by atoms with Gasteiger partial charge in [0, 0.05) is 11.6 Å². The molecule has 0 saturated heterocycles. The molecular formula is C19H18N2O5. The van der Waals surface area contributed by atoms with E-state index in [1.165, 1.54) is 0 Å². The highest BCUT2D eigenvalue weighted by Gasteiger charge is 2.42. The van der Waals surface area contributed by atoms with Crippen LogP contribution < -0.4 is 14.9 Å². The molecule has 1 aromatic heterocycles. The quantitative estimate of drug-likeness (QED) is 0.871. The Morgan fingerprint density at radius 3 is 2.77 bits per heavy atom. The molecule has 2 N–H and O–H groups in total. The van der Waals surface area contributed by atoms with Crippen LogP contribution in [0.25, 0.3) is 0 Å². The fraction of sp³-hybridized carbons (Fsp3) is 0.316. The normalized spacial score (nSPS) is 18.8. The molecule has 0 aliphatic carbocycles. The molecule has 2 heterocycles. The van der Waals surface area contributed by atoms with E-state index in [0.29, 0.717) is 11.3 Å². The zero-order valence-electron chi connectivity index (χ0n) is 14.4. The number of rotatable bonds is 4. The lowest BCUT2D eigenvalue weighted by molar-refractivity contribution is 0.225. The van der Waals surface area contributed by atoms with E-state index in [2.05, 4.69) is 6.07 Å². The monoisotopic (exact) mass is 354 g/mol. The third-order valence-corrected chi connectivity index (χ3v) is 4.00. The van der Waals surface area contributed by atoms with E-state index in [-0.39, 0.29) is 29.3 Å². The lowest BCUT2D eigenvalue weighted by Crippen LogP contribution is -2.34. The predicted molar refractivity (Wildman–Crippen MR) is 92.4 cm³/mol. The molecule has 0 fully saturated rings. The molecule has 134 valence electrons. The van der Waals surface area contributed by atoms with Gasteiger partial charge in [0.1, 0.15) is 24.0 Å². The van der Waals surface area contributed by atoms with Gasteiger partial charge in [-0.2, -0.15) is 5.26 Å². The van der Waals surface area contributed by atoms with Crippen molar-refractivity contribution in [3.05, 3.63) is 57.6 Å². The van der Waals surface area contributed by atoms with Gasteiger partial charge in [-0.1, -0.05) is 18.2 Å². The third-order valence-electron chi connectivity index (χ3n) is 4.00. The number of nitriles is 1. The van der Waals surface area contributed by atoms with Gasteiger partial charge in [-0.15, -0.1) is 0 Å². The molecule has 1 aromatic carbocycles. The Bertz CT molecular complexity index is 942. The van der Waals surface area contributed by atoms with Crippen LogP contribution in [0.4, 0.5) is 0 Å². The van der Waals surface area contributed by atoms with E-state index in [9.17, 15) is 15.2 Å². The first-order valence-electron chi connectivity index (χ1n) is 8.15. The number of ether oxygens (including phenoxy) is 2. The van der Waals surface area contributed by atoms with Crippen molar-refractivity contribution >= 4 is 5.90 Å². The Hall–Kier alpha value is -3.11. The second kappa shape index (κ2) is 7.02. The fourth-order valence-corrected chi connectivity index (χ4v) is 2.96. The minimum Gasteiger partial charge on any atom is -0.491 e. The number of hydrogen-bond donors (Lipinski definition) is 2. The third kappa shape index (κ3) is 3.07. The number of benzene rings is 1. The van der Waals surface area contributed by atoms with Crippen molar-refractivity contribution in [1.82, 2.24) is 0 Å². The van der Waals surface area contributed by atoms with Crippen molar-refractivity contribution in [3.63, 3.8) is 0 Å². The largest absolute Gasteiger partial charge is 0.491 e. The first-order chi connectivity index (χ1) is 12.5. The van der Waals surface area contributed by atoms with Crippen molar-refractivity contribution < 1.29 is 19.0 Å². The topological polar surface area (TPSA) is 117 Å². The molecule has 0 radical (unpaired) electrons. The summed E-state index contributed by atoms with van der Waals surface area (Å²) in [6.45, 7) is 3.29. The summed E-state index contributed by atoms with van der Waals surface area (Å²) in [5, 5.41) is 27.0. The summed E-state index contributed by atoms with van der Waals surface area (Å²) in [7, 11) is 0. The first-order valence-corrected chi connectivity index (χ1v) is 8.15. The van der Waals surface area contributed by atoms with E-state index in [1.54, 1.807) is 24.3 Å². The molecule has 7 nitrogen and oxygen atoms in total. The van der Waals surface area contributed by atoms with Crippen LogP contribution in [0.3, 0.4) is 0 Å². The van der Waals surface area contributed by atoms with Crippen LogP contribution >= 0.6 is 0 Å². The van der Waals surface area contributed by atoms with Gasteiger partial charge in [0.2, 0.25) is 17.1 Å². The van der Waals surface area contributed by atoms with Crippen molar-refractivity contribution in [2.45, 2.75) is 32.5 Å². The highest BCUT2D eigenvalue weighted by atomic mass is 16.5. The summed E-state index contributed by atoms with van der Waals surface area (Å²) in [4.78, 5) is 12.3. The smallest absolute Gasteiger partial charge is 0.228 e. The van der Waals surface area contributed by atoms with Crippen LogP contribution in [0.5, 0.6) is 11.5 Å². The van der Waals surface area contributed by atoms with Crippen molar-refractivity contribution in [2.24, 2.45) is 5.92 Å². The first kappa shape index (κ1) is 17.7. The average Bonchev–Trinajstić information content (AvgIpc) is 2.61. The second-order valence-corrected chi connectivity index (χ2v) is 6.18. The van der Waals surface area contributed by atoms with Crippen LogP contribution in [-0.2, 0) is 6.61 Å². The number of hydrogen-bond acceptors (Lipinski definition) is 7. The highest BCUT2D eigenvalue weighted by molar-refractivity contribution is 5.84. The molecule has 1 aliphatic heterocycles. The Balaban J connectivity index is 2.26. The average molecular weight is 354 g/mol. The van der Waals surface area contributed by atoms with Gasteiger partial charge in [0.05, 0.1) is 18.1 Å². The van der Waals surface area contributed by atoms with E-state index in [4.69, 9.17) is 19.3 Å². The SMILES string of the molecule is CC(C)Oc1ccccc1C1c2oc(CO)cc(=O)c2OC(=N)C1C#N. The fourth-order valence-electron chi connectivity index (χ4n) is 2.96. The van der Waals surface area contributed by atoms with Crippen LogP contribution in [0.2, 0.25) is 0 Å². The summed E-state index contributed by atoms with van der Waals surface area (Å²) in [6.07, 6.45) is -0.105. The zero-order chi connectivity index (χ0) is 18.8. The molecule has 26 heavy (non-hydrogen) atoms. The second-order valence-electron chi connectivity index (χ2n) is 6.18. The Morgan fingerprint density at radius 1 is 1.38 bits per heavy atom. The molecule has 0 amide bonds. The minimum absolute atomic E-state index is 0.0646. The van der Waals surface area contributed by atoms with Gasteiger partial charge < -0.3 is 19.0 Å². The molecule has 3 rings (SSSR count). The Kier molecular flexibility index (Phi) is 4.78. The molecule has 1 aliphatic rings. The van der Waals surface area contributed by atoms with Gasteiger partial charge in [0.25, 0.3) is 0 Å². The maximum atomic E-state index is 12.3. The van der Waals surface area contributed by atoms with E-state index >= 15 is 0 Å². The summed E-state index contributed by atoms with van der Waals surface area (Å²) in [5.74, 6) is -1.50. The van der Waals surface area contributed by atoms with Gasteiger partial charge in [-0.05, 0) is 19.9 Å². The number of para-hydroxylation sites is 1. The number of nitrogens with one attached hydrogen (secondary N) is 1. The molecular weight excluding hydrogens is 336 g/mol. The lowest BCUT2D eigenvalue weighted by atomic mass is 9.82. The van der Waals surface area contributed by atoms with E-state index in [0.717, 1.165) is 6.07 Å². The minimum atomic E-state index is -0.989. The highest BCUT2D eigenvalue weighted by Crippen LogP contribution is 2.44. The summed E-state index contributed by atoms with van der Waals surface area (Å²) in [6, 6.07) is 10.3. The predicted octanol–water partition coefficient (Wildman–Crippen LogP) is 2.56. The molecule has 2 atom stereocenters. The molecule has 7 heteroatoms. The summed E-state index contributed by atoms with van der Waals surface area (Å²) < 4.78 is 16.8. The number of aliphatic hydroxyl groups is 1. The molecule has 0 bridgehead atoms. The zero-order valence-corrected chi connectivity index (χ0v) is 14.4. The van der Waals surface area contributed by atoms with Crippen LogP contribution in [0.1, 0.15) is 36.8 Å². The van der Waals surface area contributed by atoms with Gasteiger partial charge >= 0.3 is 0 Å². The van der Waals surface area contributed by atoms with Crippen LogP contribution in [-0.4, -0.2) is 17.1 Å². The number of nitrogens with zero attached hydrogens (tertiary/aromatic N) is 1. The molecule has 2 unspecified atom stereocenters. The number of fused-ring (bicyclic) bond motifs is 1. The van der Waals surface area contributed by atoms with E-state index in [1.807, 2.05) is 13.8 Å². The van der Waals surface area contributed by atoms with Gasteiger partial charge in [-0.25, -0.2) is 0 Å². The molecule has 2 aromatic rings. The van der Waals surface area contributed by atoms with Gasteiger partial charge in [-0.3, -0.25) is 10.2 Å². The van der Waals surface area contributed by atoms with Crippen LogP contribution in [0.15, 0.2) is 39.5 Å². The van der Waals surface area contributed by atoms with Gasteiger partial charge in [0.15, 0.2) is 5.76 Å². The standard InChI is InChI=1S/C19H18N2O5/c1-10(2)24-15-6-4-3-5-12(15)16-13(8-20)19(21)26-17-14(23)7-11(9-22)25-18(16)17/h3-7,10,13,16,21-22H,9H2,1-2H3. The van der Waals surface area contributed by atoms with Crippen molar-refractivity contribution in [1.29, 1.82) is 10.7 Å². The lowest BCUT2D eigenvalue weighted by Gasteiger charge is -2.29. The van der Waals surface area contributed by atoms with Crippen molar-refractivity contribution in [2.75, 3.05) is 0 Å². The summed E-state index contributed by atoms with van der Waals surface area (Å²) in [5.41, 5.74) is 0.101. The van der Waals surface area contributed by atoms with Crippen LogP contribution in [0, 0.1) is 22.7 Å². The Morgan fingerprint density at radius 2 is 2.12 bits per heavy atom. The van der Waals surface area contributed by atoms with E-state index < -0.39 is 23.9 Å². The summed E-state index contributed by atoms with van der Waals surface area (Å²) >= 11 is 0. The molecule has 0 spiro atoms. The Labute approximate surface area is 149 Å². The number of aliphatic hydroxyl groups excluding tert-OH is 1.